The zero-order chi connectivity index (χ0) is 20.7. The van der Waals surface area contributed by atoms with Crippen LogP contribution in [0.3, 0.4) is 0 Å². The molecule has 1 aromatic heterocycles. The molecule has 3 rings (SSSR count). The summed E-state index contributed by atoms with van der Waals surface area (Å²) >= 11 is 0. The van der Waals surface area contributed by atoms with E-state index in [9.17, 15) is 5.11 Å². The minimum atomic E-state index is -0.126. The third-order valence-corrected chi connectivity index (χ3v) is 6.31. The molecule has 0 bridgehead atoms. The molecule has 4 heteroatoms. The normalized spacial score (nSPS) is 21.3. The van der Waals surface area contributed by atoms with E-state index in [1.807, 2.05) is 24.3 Å². The largest absolute Gasteiger partial charge is 0.506 e. The first kappa shape index (κ1) is 20.6. The molecule has 1 N–H and O–H groups in total. The van der Waals surface area contributed by atoms with E-state index >= 15 is 0 Å². The standard InChI is InChI=1S/C24H35N3O/c1-8-9-14-24(23(5,6)7)15-17(22(2,3)4)21(28)20(16-24)27-25-18-12-10-11-13-19(18)26-27/h10-13,16,28H,8-9,14-15H2,1-7H3. The Balaban J connectivity index is 2.24. The number of hydrogen-bond donors (Lipinski definition) is 1. The number of fused-ring (bicyclic) bond motifs is 1. The highest BCUT2D eigenvalue weighted by molar-refractivity contribution is 5.75. The van der Waals surface area contributed by atoms with Crippen molar-refractivity contribution in [2.45, 2.75) is 74.1 Å². The molecule has 1 aromatic carbocycles. The van der Waals surface area contributed by atoms with Crippen molar-refractivity contribution in [3.8, 4) is 0 Å². The number of aliphatic hydroxyl groups excluding tert-OH is 1. The number of allylic oxidation sites excluding steroid dienone is 3. The molecule has 1 atom stereocenters. The van der Waals surface area contributed by atoms with Crippen LogP contribution in [0.15, 0.2) is 41.7 Å². The van der Waals surface area contributed by atoms with Gasteiger partial charge in [-0.1, -0.05) is 73.4 Å². The Morgan fingerprint density at radius 1 is 1.04 bits per heavy atom. The molecule has 1 heterocycles. The number of hydrogen-bond acceptors (Lipinski definition) is 3. The number of unbranched alkanes of at least 4 members (excludes halogenated alkanes) is 1. The van der Waals surface area contributed by atoms with Crippen LogP contribution in [0.1, 0.15) is 74.1 Å². The van der Waals surface area contributed by atoms with E-state index in [-0.39, 0.29) is 16.2 Å². The molecule has 1 unspecified atom stereocenters. The first-order chi connectivity index (χ1) is 13.0. The highest BCUT2D eigenvalue weighted by Gasteiger charge is 2.46. The second-order valence-corrected chi connectivity index (χ2v) is 10.3. The van der Waals surface area contributed by atoms with Gasteiger partial charge in [0.05, 0.1) is 0 Å². The lowest BCUT2D eigenvalue weighted by Gasteiger charge is -2.48. The topological polar surface area (TPSA) is 50.9 Å². The maximum Gasteiger partial charge on any atom is 0.142 e. The second kappa shape index (κ2) is 7.06. The van der Waals surface area contributed by atoms with Crippen molar-refractivity contribution in [1.82, 2.24) is 15.0 Å². The van der Waals surface area contributed by atoms with Crippen LogP contribution in [0.4, 0.5) is 0 Å². The van der Waals surface area contributed by atoms with E-state index in [4.69, 9.17) is 0 Å². The average molecular weight is 382 g/mol. The van der Waals surface area contributed by atoms with Gasteiger partial charge >= 0.3 is 0 Å². The Labute approximate surface area is 169 Å². The summed E-state index contributed by atoms with van der Waals surface area (Å²) in [5, 5.41) is 20.6. The summed E-state index contributed by atoms with van der Waals surface area (Å²) in [4.78, 5) is 1.64. The van der Waals surface area contributed by atoms with E-state index < -0.39 is 0 Å². The maximum atomic E-state index is 11.3. The zero-order valence-corrected chi connectivity index (χ0v) is 18.5. The number of aliphatic hydroxyl groups is 1. The lowest BCUT2D eigenvalue weighted by Crippen LogP contribution is -2.39. The number of rotatable bonds is 4. The van der Waals surface area contributed by atoms with E-state index in [0.29, 0.717) is 5.76 Å². The van der Waals surface area contributed by atoms with Gasteiger partial charge in [0, 0.05) is 0 Å². The van der Waals surface area contributed by atoms with Crippen LogP contribution in [-0.2, 0) is 0 Å². The van der Waals surface area contributed by atoms with Crippen LogP contribution < -0.4 is 0 Å². The minimum absolute atomic E-state index is 0.0486. The Morgan fingerprint density at radius 3 is 2.07 bits per heavy atom. The van der Waals surface area contributed by atoms with Crippen LogP contribution in [0.2, 0.25) is 0 Å². The van der Waals surface area contributed by atoms with Gasteiger partial charge in [-0.05, 0) is 52.9 Å². The van der Waals surface area contributed by atoms with E-state index in [1.165, 1.54) is 0 Å². The summed E-state index contributed by atoms with van der Waals surface area (Å²) in [7, 11) is 0. The smallest absolute Gasteiger partial charge is 0.142 e. The van der Waals surface area contributed by atoms with Crippen molar-refractivity contribution in [2.24, 2.45) is 16.2 Å². The summed E-state index contributed by atoms with van der Waals surface area (Å²) < 4.78 is 0. The van der Waals surface area contributed by atoms with Crippen LogP contribution in [0.5, 0.6) is 0 Å². The number of nitrogens with zero attached hydrogens (tertiary/aromatic N) is 3. The van der Waals surface area contributed by atoms with Crippen molar-refractivity contribution in [1.29, 1.82) is 0 Å². The van der Waals surface area contributed by atoms with Gasteiger partial charge in [0.2, 0.25) is 0 Å². The monoisotopic (exact) mass is 381 g/mol. The summed E-state index contributed by atoms with van der Waals surface area (Å²) in [6.07, 6.45) is 6.53. The molecule has 1 aliphatic carbocycles. The average Bonchev–Trinajstić information content (AvgIpc) is 3.02. The molecule has 0 saturated heterocycles. The van der Waals surface area contributed by atoms with Gasteiger partial charge in [0.15, 0.2) is 0 Å². The quantitative estimate of drug-likeness (QED) is 0.636. The predicted molar refractivity (Wildman–Crippen MR) is 117 cm³/mol. The molecule has 0 aliphatic heterocycles. The van der Waals surface area contributed by atoms with Crippen LogP contribution in [-0.4, -0.2) is 20.1 Å². The molecule has 152 valence electrons. The highest BCUT2D eigenvalue weighted by Crippen LogP contribution is 2.55. The fraction of sp³-hybridized carbons (Fsp3) is 0.583. The van der Waals surface area contributed by atoms with Crippen LogP contribution in [0, 0.1) is 16.2 Å². The van der Waals surface area contributed by atoms with E-state index in [2.05, 4.69) is 64.7 Å². The van der Waals surface area contributed by atoms with Gasteiger partial charge in [-0.15, -0.1) is 15.0 Å². The van der Waals surface area contributed by atoms with Crippen molar-refractivity contribution < 1.29 is 5.11 Å². The lowest BCUT2D eigenvalue weighted by atomic mass is 9.57. The third-order valence-electron chi connectivity index (χ3n) is 6.31. The molecule has 0 radical (unpaired) electrons. The fourth-order valence-electron chi connectivity index (χ4n) is 4.18. The lowest BCUT2D eigenvalue weighted by molar-refractivity contribution is 0.115. The zero-order valence-electron chi connectivity index (χ0n) is 18.5. The Hall–Kier alpha value is -2.10. The maximum absolute atomic E-state index is 11.3. The second-order valence-electron chi connectivity index (χ2n) is 10.3. The van der Waals surface area contributed by atoms with E-state index in [0.717, 1.165) is 48.0 Å². The molecule has 1 aliphatic rings. The molecule has 0 saturated carbocycles. The molecule has 28 heavy (non-hydrogen) atoms. The Morgan fingerprint density at radius 2 is 1.61 bits per heavy atom. The SMILES string of the molecule is CCCCC1(C(C)(C)C)C=C(n2nc3ccccc3n2)C(O)=C(C(C)(C)C)C1. The summed E-state index contributed by atoms with van der Waals surface area (Å²) in [6, 6.07) is 7.85. The Bertz CT molecular complexity index is 888. The molecule has 0 fully saturated rings. The first-order valence-electron chi connectivity index (χ1n) is 10.5. The van der Waals surface area contributed by atoms with Gasteiger partial charge < -0.3 is 5.11 Å². The highest BCUT2D eigenvalue weighted by atomic mass is 16.3. The molecular formula is C24H35N3O. The van der Waals surface area contributed by atoms with Crippen molar-refractivity contribution in [2.75, 3.05) is 0 Å². The van der Waals surface area contributed by atoms with Gasteiger partial charge in [0.1, 0.15) is 22.5 Å². The van der Waals surface area contributed by atoms with Gasteiger partial charge in [0.25, 0.3) is 0 Å². The minimum Gasteiger partial charge on any atom is -0.506 e. The van der Waals surface area contributed by atoms with Gasteiger partial charge in [-0.3, -0.25) is 0 Å². The van der Waals surface area contributed by atoms with Gasteiger partial charge in [-0.2, -0.15) is 0 Å². The van der Waals surface area contributed by atoms with Crippen molar-refractivity contribution in [3.63, 3.8) is 0 Å². The van der Waals surface area contributed by atoms with E-state index in [1.54, 1.807) is 4.80 Å². The summed E-state index contributed by atoms with van der Waals surface area (Å²) in [6.45, 7) is 15.7. The molecule has 0 amide bonds. The molecule has 4 nitrogen and oxygen atoms in total. The molecule has 2 aromatic rings. The van der Waals surface area contributed by atoms with Crippen molar-refractivity contribution >= 4 is 16.7 Å². The fourth-order valence-corrected chi connectivity index (χ4v) is 4.18. The van der Waals surface area contributed by atoms with Crippen LogP contribution >= 0.6 is 0 Å². The first-order valence-corrected chi connectivity index (χ1v) is 10.5. The van der Waals surface area contributed by atoms with Crippen molar-refractivity contribution in [3.05, 3.63) is 41.7 Å². The van der Waals surface area contributed by atoms with Gasteiger partial charge in [-0.25, -0.2) is 0 Å². The number of benzene rings is 1. The molecule has 0 spiro atoms. The Kier molecular flexibility index (Phi) is 5.20. The predicted octanol–water partition coefficient (Wildman–Crippen LogP) is 6.76. The van der Waals surface area contributed by atoms with Crippen LogP contribution in [0.25, 0.3) is 16.7 Å². The summed E-state index contributed by atoms with van der Waals surface area (Å²) in [5.74, 6) is 0.337. The number of aromatic nitrogens is 3. The third kappa shape index (κ3) is 3.61. The molecular weight excluding hydrogens is 346 g/mol. The summed E-state index contributed by atoms with van der Waals surface area (Å²) in [5.41, 5.74) is 3.38.